The third-order valence-corrected chi connectivity index (χ3v) is 2.08. The number of nitrogens with zero attached hydrogens (tertiary/aromatic N) is 1. The molecule has 3 nitrogen and oxygen atoms in total. The summed E-state index contributed by atoms with van der Waals surface area (Å²) in [7, 11) is 3.58. The molecule has 0 unspecified atom stereocenters. The zero-order chi connectivity index (χ0) is 10.0. The molecule has 0 saturated heterocycles. The molecule has 0 atom stereocenters. The molecule has 0 aromatic carbocycles. The number of carbonyl (C=O) groups excluding carboxylic acids is 1. The van der Waals surface area contributed by atoms with Gasteiger partial charge in [0.15, 0.2) is 0 Å². The Kier molecular flexibility index (Phi) is 2.76. The van der Waals surface area contributed by atoms with Crippen LogP contribution in [-0.2, 0) is 7.05 Å². The fourth-order valence-corrected chi connectivity index (χ4v) is 1.39. The van der Waals surface area contributed by atoms with Gasteiger partial charge in [-0.2, -0.15) is 0 Å². The second kappa shape index (κ2) is 3.64. The molecule has 0 radical (unpaired) electrons. The molecule has 3 heteroatoms. The van der Waals surface area contributed by atoms with Crippen LogP contribution >= 0.6 is 0 Å². The van der Waals surface area contributed by atoms with Crippen LogP contribution in [0.1, 0.15) is 35.7 Å². The first-order chi connectivity index (χ1) is 6.06. The Hall–Kier alpha value is -1.25. The Bertz CT molecular complexity index is 313. The number of amides is 1. The highest BCUT2D eigenvalue weighted by Crippen LogP contribution is 2.19. The second-order valence-corrected chi connectivity index (χ2v) is 3.53. The molecular weight excluding hydrogens is 164 g/mol. The fourth-order valence-electron chi connectivity index (χ4n) is 1.39. The summed E-state index contributed by atoms with van der Waals surface area (Å²) in [4.78, 5) is 11.4. The van der Waals surface area contributed by atoms with E-state index in [0.717, 1.165) is 11.1 Å². The highest BCUT2D eigenvalue weighted by molar-refractivity contribution is 5.95. The number of hydrogen-bond donors (Lipinski definition) is 1. The van der Waals surface area contributed by atoms with Gasteiger partial charge in [0.1, 0.15) is 0 Å². The van der Waals surface area contributed by atoms with Gasteiger partial charge >= 0.3 is 0 Å². The second-order valence-electron chi connectivity index (χ2n) is 3.53. The number of hydrogen-bond acceptors (Lipinski definition) is 1. The largest absolute Gasteiger partial charge is 0.356 e. The van der Waals surface area contributed by atoms with Crippen LogP contribution in [-0.4, -0.2) is 17.5 Å². The van der Waals surface area contributed by atoms with Crippen molar-refractivity contribution in [3.8, 4) is 0 Å². The normalized spacial score (nSPS) is 10.5. The molecule has 13 heavy (non-hydrogen) atoms. The van der Waals surface area contributed by atoms with E-state index in [9.17, 15) is 4.79 Å². The number of nitrogens with one attached hydrogen (secondary N) is 1. The lowest BCUT2D eigenvalue weighted by atomic mass is 10.0. The molecule has 0 aliphatic heterocycles. The standard InChI is InChI=1S/C10H16N2O/c1-7(2)8-5-12(4)6-9(8)10(13)11-3/h5-7H,1-4H3,(H,11,13). The van der Waals surface area contributed by atoms with E-state index in [1.165, 1.54) is 0 Å². The molecule has 0 spiro atoms. The predicted molar refractivity (Wildman–Crippen MR) is 52.9 cm³/mol. The first-order valence-electron chi connectivity index (χ1n) is 4.44. The van der Waals surface area contributed by atoms with Crippen molar-refractivity contribution in [3.63, 3.8) is 0 Å². The lowest BCUT2D eigenvalue weighted by molar-refractivity contribution is 0.0962. The van der Waals surface area contributed by atoms with E-state index in [2.05, 4.69) is 19.2 Å². The summed E-state index contributed by atoms with van der Waals surface area (Å²) in [6, 6.07) is 0. The van der Waals surface area contributed by atoms with Crippen LogP contribution in [0.3, 0.4) is 0 Å². The maximum Gasteiger partial charge on any atom is 0.252 e. The van der Waals surface area contributed by atoms with E-state index < -0.39 is 0 Å². The zero-order valence-corrected chi connectivity index (χ0v) is 8.59. The molecule has 0 aliphatic rings. The summed E-state index contributed by atoms with van der Waals surface area (Å²) in [6.07, 6.45) is 3.85. The maximum absolute atomic E-state index is 11.4. The topological polar surface area (TPSA) is 34.0 Å². The summed E-state index contributed by atoms with van der Waals surface area (Å²) in [5.74, 6) is 0.373. The van der Waals surface area contributed by atoms with Gasteiger partial charge in [-0.25, -0.2) is 0 Å². The Morgan fingerprint density at radius 3 is 2.54 bits per heavy atom. The molecule has 72 valence electrons. The van der Waals surface area contributed by atoms with E-state index in [-0.39, 0.29) is 5.91 Å². The lowest BCUT2D eigenvalue weighted by Gasteiger charge is -2.04. The Balaban J connectivity index is 3.11. The summed E-state index contributed by atoms with van der Waals surface area (Å²) >= 11 is 0. The highest BCUT2D eigenvalue weighted by Gasteiger charge is 2.14. The van der Waals surface area contributed by atoms with Gasteiger partial charge < -0.3 is 9.88 Å². The lowest BCUT2D eigenvalue weighted by Crippen LogP contribution is -2.18. The Morgan fingerprint density at radius 1 is 1.46 bits per heavy atom. The van der Waals surface area contributed by atoms with Crippen LogP contribution in [0.25, 0.3) is 0 Å². The summed E-state index contributed by atoms with van der Waals surface area (Å²) in [5, 5.41) is 2.64. The molecule has 1 N–H and O–H groups in total. The third-order valence-electron chi connectivity index (χ3n) is 2.08. The quantitative estimate of drug-likeness (QED) is 0.735. The van der Waals surface area contributed by atoms with E-state index >= 15 is 0 Å². The van der Waals surface area contributed by atoms with Gasteiger partial charge in [-0.15, -0.1) is 0 Å². The molecular formula is C10H16N2O. The summed E-state index contributed by atoms with van der Waals surface area (Å²) in [6.45, 7) is 4.17. The molecule has 0 bridgehead atoms. The van der Waals surface area contributed by atoms with Gasteiger partial charge in [-0.1, -0.05) is 13.8 Å². The first-order valence-corrected chi connectivity index (χ1v) is 4.44. The van der Waals surface area contributed by atoms with E-state index in [1.54, 1.807) is 7.05 Å². The van der Waals surface area contributed by atoms with Crippen molar-refractivity contribution in [1.82, 2.24) is 9.88 Å². The van der Waals surface area contributed by atoms with Gasteiger partial charge in [0.25, 0.3) is 5.91 Å². The van der Waals surface area contributed by atoms with Crippen molar-refractivity contribution < 1.29 is 4.79 Å². The molecule has 0 aliphatic carbocycles. The number of rotatable bonds is 2. The van der Waals surface area contributed by atoms with Crippen LogP contribution in [0.15, 0.2) is 12.4 Å². The van der Waals surface area contributed by atoms with Gasteiger partial charge in [-0.05, 0) is 11.5 Å². The van der Waals surface area contributed by atoms with Crippen LogP contribution in [0.2, 0.25) is 0 Å². The minimum atomic E-state index is -0.00991. The van der Waals surface area contributed by atoms with E-state index in [1.807, 2.05) is 24.0 Å². The van der Waals surface area contributed by atoms with Crippen LogP contribution < -0.4 is 5.32 Å². The predicted octanol–water partition coefficient (Wildman–Crippen LogP) is 1.51. The third kappa shape index (κ3) is 1.91. The minimum absolute atomic E-state index is 0.00991. The van der Waals surface area contributed by atoms with Gasteiger partial charge in [0.05, 0.1) is 5.56 Å². The Morgan fingerprint density at radius 2 is 2.08 bits per heavy atom. The number of aromatic nitrogens is 1. The molecule has 0 saturated carbocycles. The van der Waals surface area contributed by atoms with Crippen LogP contribution in [0.5, 0.6) is 0 Å². The fraction of sp³-hybridized carbons (Fsp3) is 0.500. The monoisotopic (exact) mass is 180 g/mol. The first kappa shape index (κ1) is 9.84. The van der Waals surface area contributed by atoms with Crippen molar-refractivity contribution >= 4 is 5.91 Å². The smallest absolute Gasteiger partial charge is 0.252 e. The summed E-state index contributed by atoms with van der Waals surface area (Å²) in [5.41, 5.74) is 1.88. The number of carbonyl (C=O) groups is 1. The maximum atomic E-state index is 11.4. The van der Waals surface area contributed by atoms with Crippen molar-refractivity contribution in [2.75, 3.05) is 7.05 Å². The average Bonchev–Trinajstić information content (AvgIpc) is 2.46. The number of aryl methyl sites for hydroxylation is 1. The average molecular weight is 180 g/mol. The van der Waals surface area contributed by atoms with Gasteiger partial charge in [0.2, 0.25) is 0 Å². The van der Waals surface area contributed by atoms with Crippen molar-refractivity contribution in [3.05, 3.63) is 23.5 Å². The zero-order valence-electron chi connectivity index (χ0n) is 8.59. The van der Waals surface area contributed by atoms with Gasteiger partial charge in [0, 0.05) is 26.5 Å². The molecule has 0 fully saturated rings. The van der Waals surface area contributed by atoms with Crippen molar-refractivity contribution in [2.24, 2.45) is 7.05 Å². The van der Waals surface area contributed by atoms with Crippen LogP contribution in [0.4, 0.5) is 0 Å². The highest BCUT2D eigenvalue weighted by atomic mass is 16.1. The van der Waals surface area contributed by atoms with Crippen molar-refractivity contribution in [1.29, 1.82) is 0 Å². The van der Waals surface area contributed by atoms with Crippen molar-refractivity contribution in [2.45, 2.75) is 19.8 Å². The molecule has 1 rings (SSSR count). The summed E-state index contributed by atoms with van der Waals surface area (Å²) < 4.78 is 1.92. The molecule has 1 aromatic rings. The van der Waals surface area contributed by atoms with Crippen LogP contribution in [0, 0.1) is 0 Å². The van der Waals surface area contributed by atoms with E-state index in [0.29, 0.717) is 5.92 Å². The van der Waals surface area contributed by atoms with Gasteiger partial charge in [-0.3, -0.25) is 4.79 Å². The SMILES string of the molecule is CNC(=O)c1cn(C)cc1C(C)C. The molecule has 1 heterocycles. The Labute approximate surface area is 78.8 Å². The van der Waals surface area contributed by atoms with E-state index in [4.69, 9.17) is 0 Å². The molecule has 1 amide bonds. The minimum Gasteiger partial charge on any atom is -0.356 e. The molecule has 1 aromatic heterocycles.